The van der Waals surface area contributed by atoms with Gasteiger partial charge in [-0.15, -0.1) is 0 Å². The van der Waals surface area contributed by atoms with E-state index in [-0.39, 0.29) is 36.1 Å². The molecule has 1 saturated heterocycles. The SMILES string of the molecule is O=C(N[C@H]1CC[C@H](CCNS(=O)(=O)c2cccc(Cl)c2)O[C@H]1CO)c1ccccc1. The van der Waals surface area contributed by atoms with Crippen molar-refractivity contribution in [2.75, 3.05) is 13.2 Å². The van der Waals surface area contributed by atoms with Crippen molar-refractivity contribution < 1.29 is 23.1 Å². The largest absolute Gasteiger partial charge is 0.394 e. The Hall–Kier alpha value is -1.97. The zero-order valence-electron chi connectivity index (χ0n) is 16.3. The zero-order valence-corrected chi connectivity index (χ0v) is 17.9. The topological polar surface area (TPSA) is 105 Å². The van der Waals surface area contributed by atoms with Gasteiger partial charge >= 0.3 is 0 Å². The van der Waals surface area contributed by atoms with E-state index in [1.54, 1.807) is 36.4 Å². The number of aliphatic hydroxyl groups excluding tert-OH is 1. The fourth-order valence-electron chi connectivity index (χ4n) is 3.42. The van der Waals surface area contributed by atoms with Crippen LogP contribution in [-0.4, -0.2) is 50.8 Å². The fourth-order valence-corrected chi connectivity index (χ4v) is 4.77. The quantitative estimate of drug-likeness (QED) is 0.570. The van der Waals surface area contributed by atoms with E-state index in [1.165, 1.54) is 12.1 Å². The molecule has 0 aromatic heterocycles. The van der Waals surface area contributed by atoms with Crippen LogP contribution in [0.5, 0.6) is 0 Å². The molecule has 0 spiro atoms. The first-order chi connectivity index (χ1) is 14.4. The van der Waals surface area contributed by atoms with Gasteiger partial charge in [-0.2, -0.15) is 0 Å². The van der Waals surface area contributed by atoms with Crippen LogP contribution < -0.4 is 10.0 Å². The monoisotopic (exact) mass is 452 g/mol. The summed E-state index contributed by atoms with van der Waals surface area (Å²) in [5.41, 5.74) is 0.548. The summed E-state index contributed by atoms with van der Waals surface area (Å²) in [6, 6.07) is 14.6. The third kappa shape index (κ3) is 6.02. The number of rotatable bonds is 8. The van der Waals surface area contributed by atoms with Gasteiger partial charge in [-0.3, -0.25) is 4.79 Å². The van der Waals surface area contributed by atoms with Crippen LogP contribution in [-0.2, 0) is 14.8 Å². The van der Waals surface area contributed by atoms with E-state index in [1.807, 2.05) is 6.07 Å². The molecule has 1 fully saturated rings. The van der Waals surface area contributed by atoms with Crippen molar-refractivity contribution in [3.63, 3.8) is 0 Å². The Balaban J connectivity index is 1.50. The molecular formula is C21H25ClN2O5S. The van der Waals surface area contributed by atoms with Crippen LogP contribution in [0.3, 0.4) is 0 Å². The summed E-state index contributed by atoms with van der Waals surface area (Å²) < 4.78 is 33.2. The molecule has 3 rings (SSSR count). The molecular weight excluding hydrogens is 428 g/mol. The molecule has 3 N–H and O–H groups in total. The number of ether oxygens (including phenoxy) is 1. The van der Waals surface area contributed by atoms with Crippen molar-refractivity contribution in [3.8, 4) is 0 Å². The summed E-state index contributed by atoms with van der Waals surface area (Å²) in [6.45, 7) is -0.0385. The minimum atomic E-state index is -3.66. The fraction of sp³-hybridized carbons (Fsp3) is 0.381. The number of carbonyl (C=O) groups is 1. The van der Waals surface area contributed by atoms with Crippen LogP contribution in [0.4, 0.5) is 0 Å². The number of halogens is 1. The molecule has 0 unspecified atom stereocenters. The Morgan fingerprint density at radius 2 is 1.90 bits per heavy atom. The van der Waals surface area contributed by atoms with Crippen LogP contribution in [0.15, 0.2) is 59.5 Å². The number of benzene rings is 2. The number of amides is 1. The lowest BCUT2D eigenvalue weighted by atomic mass is 9.97. The van der Waals surface area contributed by atoms with Gasteiger partial charge in [0.15, 0.2) is 0 Å². The summed E-state index contributed by atoms with van der Waals surface area (Å²) >= 11 is 5.86. The van der Waals surface area contributed by atoms with Crippen molar-refractivity contribution in [1.29, 1.82) is 0 Å². The van der Waals surface area contributed by atoms with Gasteiger partial charge in [-0.25, -0.2) is 13.1 Å². The van der Waals surface area contributed by atoms with E-state index < -0.39 is 16.1 Å². The number of sulfonamides is 1. The van der Waals surface area contributed by atoms with Gasteiger partial charge in [0.05, 0.1) is 23.6 Å². The van der Waals surface area contributed by atoms with Crippen LogP contribution in [0.1, 0.15) is 29.6 Å². The number of hydrogen-bond donors (Lipinski definition) is 3. The normalized spacial score (nSPS) is 21.9. The van der Waals surface area contributed by atoms with Crippen LogP contribution in [0, 0.1) is 0 Å². The Bertz CT molecular complexity index is 955. The van der Waals surface area contributed by atoms with Crippen molar-refractivity contribution >= 4 is 27.5 Å². The summed E-state index contributed by atoms with van der Waals surface area (Å²) in [7, 11) is -3.66. The van der Waals surface area contributed by atoms with E-state index in [9.17, 15) is 18.3 Å². The lowest BCUT2D eigenvalue weighted by Crippen LogP contribution is -2.51. The van der Waals surface area contributed by atoms with Crippen LogP contribution in [0.25, 0.3) is 0 Å². The molecule has 162 valence electrons. The highest BCUT2D eigenvalue weighted by molar-refractivity contribution is 7.89. The predicted molar refractivity (Wildman–Crippen MR) is 114 cm³/mol. The maximum absolute atomic E-state index is 12.4. The Morgan fingerprint density at radius 1 is 1.13 bits per heavy atom. The summed E-state index contributed by atoms with van der Waals surface area (Å²) in [5.74, 6) is -0.213. The zero-order chi connectivity index (χ0) is 21.6. The molecule has 1 amide bonds. The lowest BCUT2D eigenvalue weighted by Gasteiger charge is -2.36. The molecule has 0 aliphatic carbocycles. The van der Waals surface area contributed by atoms with Gasteiger partial charge in [0.2, 0.25) is 10.0 Å². The van der Waals surface area contributed by atoms with Gasteiger partial charge in [0.1, 0.15) is 6.10 Å². The lowest BCUT2D eigenvalue weighted by molar-refractivity contribution is -0.0891. The van der Waals surface area contributed by atoms with E-state index in [0.29, 0.717) is 29.8 Å². The molecule has 1 aliphatic rings. The molecule has 0 bridgehead atoms. The summed E-state index contributed by atoms with van der Waals surface area (Å²) in [6.07, 6.45) is 0.982. The maximum Gasteiger partial charge on any atom is 0.251 e. The second kappa shape index (κ2) is 10.4. The molecule has 9 heteroatoms. The average molecular weight is 453 g/mol. The van der Waals surface area contributed by atoms with Gasteiger partial charge in [0, 0.05) is 17.1 Å². The van der Waals surface area contributed by atoms with Crippen LogP contribution in [0.2, 0.25) is 5.02 Å². The minimum absolute atomic E-state index is 0.108. The molecule has 1 aliphatic heterocycles. The van der Waals surface area contributed by atoms with Gasteiger partial charge < -0.3 is 15.2 Å². The Morgan fingerprint density at radius 3 is 2.60 bits per heavy atom. The van der Waals surface area contributed by atoms with Crippen LogP contribution >= 0.6 is 11.6 Å². The van der Waals surface area contributed by atoms with Gasteiger partial charge in [-0.1, -0.05) is 35.9 Å². The van der Waals surface area contributed by atoms with Gasteiger partial charge in [0.25, 0.3) is 5.91 Å². The molecule has 30 heavy (non-hydrogen) atoms. The number of nitrogens with one attached hydrogen (secondary N) is 2. The Kier molecular flexibility index (Phi) is 7.85. The molecule has 3 atom stereocenters. The van der Waals surface area contributed by atoms with E-state index >= 15 is 0 Å². The molecule has 2 aromatic carbocycles. The van der Waals surface area contributed by atoms with E-state index in [0.717, 1.165) is 0 Å². The van der Waals surface area contributed by atoms with Crippen molar-refractivity contribution in [2.24, 2.45) is 0 Å². The van der Waals surface area contributed by atoms with E-state index in [4.69, 9.17) is 16.3 Å². The van der Waals surface area contributed by atoms with Crippen molar-refractivity contribution in [2.45, 2.75) is 42.4 Å². The highest BCUT2D eigenvalue weighted by Gasteiger charge is 2.32. The number of carbonyl (C=O) groups excluding carboxylic acids is 1. The molecule has 1 heterocycles. The first-order valence-electron chi connectivity index (χ1n) is 9.76. The smallest absolute Gasteiger partial charge is 0.251 e. The second-order valence-corrected chi connectivity index (χ2v) is 9.35. The highest BCUT2D eigenvalue weighted by atomic mass is 35.5. The van der Waals surface area contributed by atoms with Gasteiger partial charge in [-0.05, 0) is 49.6 Å². The second-order valence-electron chi connectivity index (χ2n) is 7.15. The maximum atomic E-state index is 12.4. The predicted octanol–water partition coefficient (Wildman–Crippen LogP) is 2.35. The molecule has 7 nitrogen and oxygen atoms in total. The minimum Gasteiger partial charge on any atom is -0.394 e. The first-order valence-corrected chi connectivity index (χ1v) is 11.6. The third-order valence-electron chi connectivity index (χ3n) is 5.01. The highest BCUT2D eigenvalue weighted by Crippen LogP contribution is 2.22. The summed E-state index contributed by atoms with van der Waals surface area (Å²) in [4.78, 5) is 12.5. The average Bonchev–Trinajstić information content (AvgIpc) is 2.75. The summed E-state index contributed by atoms with van der Waals surface area (Å²) in [5, 5.41) is 13.0. The number of aliphatic hydroxyl groups is 1. The number of hydrogen-bond acceptors (Lipinski definition) is 5. The molecule has 0 radical (unpaired) electrons. The Labute approximate surface area is 181 Å². The first kappa shape index (κ1) is 22.7. The van der Waals surface area contributed by atoms with Crippen molar-refractivity contribution in [1.82, 2.24) is 10.0 Å². The van der Waals surface area contributed by atoms with Crippen molar-refractivity contribution in [3.05, 3.63) is 65.2 Å². The molecule has 0 saturated carbocycles. The third-order valence-corrected chi connectivity index (χ3v) is 6.71. The standard InChI is InChI=1S/C21H25ClN2O5S/c22-16-7-4-8-18(13-16)30(27,28)23-12-11-17-9-10-19(20(14-25)29-17)24-21(26)15-5-2-1-3-6-15/h1-8,13,17,19-20,23,25H,9-12,14H2,(H,24,26)/t17-,19+,20+/m1/s1. The van der Waals surface area contributed by atoms with E-state index in [2.05, 4.69) is 10.0 Å². The molecule has 2 aromatic rings.